The van der Waals surface area contributed by atoms with Crippen molar-refractivity contribution in [1.82, 2.24) is 5.32 Å². The van der Waals surface area contributed by atoms with Gasteiger partial charge in [0.25, 0.3) is 5.91 Å². The second-order valence-electron chi connectivity index (χ2n) is 6.54. The van der Waals surface area contributed by atoms with Crippen molar-refractivity contribution in [2.24, 2.45) is 5.92 Å². The highest BCUT2D eigenvalue weighted by Crippen LogP contribution is 2.35. The molecule has 0 fully saturated rings. The molecule has 1 aliphatic heterocycles. The van der Waals surface area contributed by atoms with Crippen molar-refractivity contribution < 1.29 is 9.59 Å². The van der Waals surface area contributed by atoms with Crippen molar-refractivity contribution in [3.8, 4) is 0 Å². The molecule has 0 aromatic heterocycles. The molecule has 5 heteroatoms. The van der Waals surface area contributed by atoms with Gasteiger partial charge in [-0.15, -0.1) is 11.8 Å². The van der Waals surface area contributed by atoms with Crippen LogP contribution < -0.4 is 10.2 Å². The Morgan fingerprint density at radius 3 is 2.80 bits per heavy atom. The van der Waals surface area contributed by atoms with E-state index >= 15 is 0 Å². The van der Waals surface area contributed by atoms with Gasteiger partial charge in [0.2, 0.25) is 5.91 Å². The van der Waals surface area contributed by atoms with Gasteiger partial charge in [0.15, 0.2) is 0 Å². The summed E-state index contributed by atoms with van der Waals surface area (Å²) < 4.78 is 0. The molecule has 2 aromatic rings. The van der Waals surface area contributed by atoms with Crippen LogP contribution in [0.3, 0.4) is 0 Å². The number of rotatable bonds is 5. The molecule has 0 saturated heterocycles. The van der Waals surface area contributed by atoms with E-state index in [-0.39, 0.29) is 11.8 Å². The molecule has 2 aromatic carbocycles. The van der Waals surface area contributed by atoms with Gasteiger partial charge in [0.05, 0.1) is 18.0 Å². The number of carbonyl (C=O) groups is 2. The van der Waals surface area contributed by atoms with Crippen LogP contribution >= 0.6 is 11.8 Å². The van der Waals surface area contributed by atoms with Gasteiger partial charge >= 0.3 is 0 Å². The fourth-order valence-electron chi connectivity index (χ4n) is 2.72. The van der Waals surface area contributed by atoms with E-state index < -0.39 is 0 Å². The molecule has 1 aliphatic rings. The second kappa shape index (κ2) is 7.74. The van der Waals surface area contributed by atoms with Gasteiger partial charge in [-0.3, -0.25) is 9.59 Å². The molecule has 0 radical (unpaired) electrons. The number of nitrogens with zero attached hydrogens (tertiary/aromatic N) is 1. The number of thioether (sulfide) groups is 1. The molecule has 0 bridgehead atoms. The Labute approximate surface area is 152 Å². The van der Waals surface area contributed by atoms with Gasteiger partial charge in [-0.2, -0.15) is 0 Å². The first-order valence-corrected chi connectivity index (χ1v) is 9.42. The molecule has 1 heterocycles. The van der Waals surface area contributed by atoms with E-state index in [2.05, 4.69) is 19.2 Å². The summed E-state index contributed by atoms with van der Waals surface area (Å²) in [5, 5.41) is 2.93. The Morgan fingerprint density at radius 1 is 1.20 bits per heavy atom. The van der Waals surface area contributed by atoms with Crippen LogP contribution in [0.5, 0.6) is 0 Å². The molecule has 3 rings (SSSR count). The summed E-state index contributed by atoms with van der Waals surface area (Å²) in [4.78, 5) is 27.6. The third-order valence-electron chi connectivity index (χ3n) is 4.01. The van der Waals surface area contributed by atoms with Crippen molar-refractivity contribution in [2.45, 2.75) is 25.3 Å². The van der Waals surface area contributed by atoms with Crippen LogP contribution in [0.1, 0.15) is 29.8 Å². The Hall–Kier alpha value is -2.27. The smallest absolute Gasteiger partial charge is 0.251 e. The van der Waals surface area contributed by atoms with E-state index in [9.17, 15) is 9.59 Å². The van der Waals surface area contributed by atoms with Crippen LogP contribution in [0, 0.1) is 5.92 Å². The van der Waals surface area contributed by atoms with Gasteiger partial charge in [0.1, 0.15) is 0 Å². The molecule has 0 saturated carbocycles. The van der Waals surface area contributed by atoms with E-state index in [0.717, 1.165) is 16.1 Å². The molecule has 0 aliphatic carbocycles. The molecule has 0 unspecified atom stereocenters. The average molecular weight is 354 g/mol. The van der Waals surface area contributed by atoms with Crippen LogP contribution in [0.15, 0.2) is 53.4 Å². The predicted octanol–water partition coefficient (Wildman–Crippen LogP) is 3.71. The maximum absolute atomic E-state index is 12.4. The van der Waals surface area contributed by atoms with Crippen molar-refractivity contribution in [2.75, 3.05) is 17.2 Å². The summed E-state index contributed by atoms with van der Waals surface area (Å²) in [6.45, 7) is 5.25. The number of hydrogen-bond donors (Lipinski definition) is 1. The van der Waals surface area contributed by atoms with Gasteiger partial charge in [-0.25, -0.2) is 0 Å². The summed E-state index contributed by atoms with van der Waals surface area (Å²) in [5.74, 6) is 0.882. The number of carbonyl (C=O) groups excluding carboxylic acids is 2. The normalized spacial score (nSPS) is 13.7. The first-order chi connectivity index (χ1) is 12.0. The zero-order valence-electron chi connectivity index (χ0n) is 14.5. The average Bonchev–Trinajstić information content (AvgIpc) is 2.62. The number of amides is 2. The van der Waals surface area contributed by atoms with E-state index in [1.807, 2.05) is 42.5 Å². The molecule has 1 N–H and O–H groups in total. The van der Waals surface area contributed by atoms with Gasteiger partial charge < -0.3 is 10.2 Å². The lowest BCUT2D eigenvalue weighted by molar-refractivity contribution is -0.116. The third-order valence-corrected chi connectivity index (χ3v) is 5.06. The molecule has 4 nitrogen and oxygen atoms in total. The fourth-order valence-corrected chi connectivity index (χ4v) is 3.66. The van der Waals surface area contributed by atoms with Crippen LogP contribution in [0.4, 0.5) is 5.69 Å². The number of anilines is 1. The maximum atomic E-state index is 12.4. The lowest BCUT2D eigenvalue weighted by Gasteiger charge is -2.29. The van der Waals surface area contributed by atoms with Gasteiger partial charge in [-0.05, 0) is 35.7 Å². The summed E-state index contributed by atoms with van der Waals surface area (Å²) in [5.41, 5.74) is 2.52. The summed E-state index contributed by atoms with van der Waals surface area (Å²) >= 11 is 1.57. The van der Waals surface area contributed by atoms with Crippen LogP contribution in [-0.2, 0) is 11.3 Å². The van der Waals surface area contributed by atoms with Gasteiger partial charge in [0, 0.05) is 17.0 Å². The largest absolute Gasteiger partial charge is 0.352 e. The van der Waals surface area contributed by atoms with Crippen LogP contribution in [0.2, 0.25) is 0 Å². The van der Waals surface area contributed by atoms with Gasteiger partial charge in [-0.1, -0.05) is 38.1 Å². The van der Waals surface area contributed by atoms with E-state index in [1.54, 1.807) is 22.7 Å². The van der Waals surface area contributed by atoms with E-state index in [1.165, 1.54) is 0 Å². The number of hydrogen-bond acceptors (Lipinski definition) is 3. The molecule has 0 spiro atoms. The van der Waals surface area contributed by atoms with Crippen LogP contribution in [0.25, 0.3) is 0 Å². The van der Waals surface area contributed by atoms with Crippen molar-refractivity contribution >= 4 is 29.3 Å². The van der Waals surface area contributed by atoms with Crippen molar-refractivity contribution in [1.29, 1.82) is 0 Å². The molecule has 0 atom stereocenters. The monoisotopic (exact) mass is 354 g/mol. The predicted molar refractivity (Wildman–Crippen MR) is 102 cm³/mol. The highest BCUT2D eigenvalue weighted by atomic mass is 32.2. The van der Waals surface area contributed by atoms with E-state index in [4.69, 9.17) is 0 Å². The number of fused-ring (bicyclic) bond motifs is 1. The quantitative estimate of drug-likeness (QED) is 0.890. The SMILES string of the molecule is CC(C)CNC(=O)c1cccc(CN2C(=O)CSc3ccccc32)c1. The highest BCUT2D eigenvalue weighted by molar-refractivity contribution is 8.00. The topological polar surface area (TPSA) is 49.4 Å². The van der Waals surface area contributed by atoms with Crippen molar-refractivity contribution in [3.05, 3.63) is 59.7 Å². The first-order valence-electron chi connectivity index (χ1n) is 8.44. The lowest BCUT2D eigenvalue weighted by Crippen LogP contribution is -2.34. The number of benzene rings is 2. The minimum Gasteiger partial charge on any atom is -0.352 e. The fraction of sp³-hybridized carbons (Fsp3) is 0.300. The minimum absolute atomic E-state index is 0.0727. The zero-order valence-corrected chi connectivity index (χ0v) is 15.3. The van der Waals surface area contributed by atoms with Crippen molar-refractivity contribution in [3.63, 3.8) is 0 Å². The number of nitrogens with one attached hydrogen (secondary N) is 1. The summed E-state index contributed by atoms with van der Waals surface area (Å²) in [7, 11) is 0. The van der Waals surface area contributed by atoms with E-state index in [0.29, 0.717) is 30.3 Å². The third kappa shape index (κ3) is 4.23. The Morgan fingerprint density at radius 2 is 2.00 bits per heavy atom. The second-order valence-corrected chi connectivity index (χ2v) is 7.56. The zero-order chi connectivity index (χ0) is 17.8. The standard InChI is InChI=1S/C20H22N2O2S/c1-14(2)11-21-20(24)16-7-5-6-15(10-16)12-22-17-8-3-4-9-18(17)25-13-19(22)23/h3-10,14H,11-13H2,1-2H3,(H,21,24). The Bertz CT molecular complexity index is 789. The summed E-state index contributed by atoms with van der Waals surface area (Å²) in [6, 6.07) is 15.4. The Balaban J connectivity index is 1.78. The molecule has 130 valence electrons. The summed E-state index contributed by atoms with van der Waals surface area (Å²) in [6.07, 6.45) is 0. The highest BCUT2D eigenvalue weighted by Gasteiger charge is 2.24. The molecule has 25 heavy (non-hydrogen) atoms. The molecular weight excluding hydrogens is 332 g/mol. The minimum atomic E-state index is -0.0727. The molecular formula is C20H22N2O2S. The van der Waals surface area contributed by atoms with Crippen LogP contribution in [-0.4, -0.2) is 24.1 Å². The first kappa shape index (κ1) is 17.5. The maximum Gasteiger partial charge on any atom is 0.251 e. The lowest BCUT2D eigenvalue weighted by atomic mass is 10.1. The number of para-hydroxylation sites is 1. The molecule has 2 amide bonds. The Kier molecular flexibility index (Phi) is 5.43.